The fourth-order valence-electron chi connectivity index (χ4n) is 5.11. The minimum absolute atomic E-state index is 0.0849. The molecule has 5 rings (SSSR count). The van der Waals surface area contributed by atoms with E-state index in [1.165, 1.54) is 41.8 Å². The number of carbonyl (C=O) groups is 2. The average molecular weight is 630 g/mol. The third-order valence-electron chi connectivity index (χ3n) is 7.58. The van der Waals surface area contributed by atoms with Crippen molar-refractivity contribution < 1.29 is 41.8 Å². The van der Waals surface area contributed by atoms with Gasteiger partial charge in [0.2, 0.25) is 6.79 Å². The number of urea groups is 1. The van der Waals surface area contributed by atoms with Crippen molar-refractivity contribution in [1.29, 1.82) is 0 Å². The number of aryl methyl sites for hydroxylation is 2. The number of aromatic nitrogens is 1. The molecule has 236 valence electrons. The smallest absolute Gasteiger partial charge is 0.321 e. The summed E-state index contributed by atoms with van der Waals surface area (Å²) in [6, 6.07) is 8.57. The number of nitrogens with zero attached hydrogens (tertiary/aromatic N) is 3. The largest absolute Gasteiger partial charge is 0.487 e. The molecule has 2 aromatic carbocycles. The normalized spacial score (nSPS) is 18.5. The number of aliphatic hydroxyl groups excluding tert-OH is 1. The number of hydrogen-bond acceptors (Lipinski definition) is 10. The summed E-state index contributed by atoms with van der Waals surface area (Å²) in [5.41, 5.74) is 0.964. The second-order valence-electron chi connectivity index (χ2n) is 11.0. The van der Waals surface area contributed by atoms with Crippen molar-refractivity contribution in [3.63, 3.8) is 0 Å². The summed E-state index contributed by atoms with van der Waals surface area (Å²) in [6.07, 6.45) is -0.562. The van der Waals surface area contributed by atoms with E-state index in [1.807, 2.05) is 6.92 Å². The van der Waals surface area contributed by atoms with Gasteiger partial charge in [0.25, 0.3) is 15.9 Å². The Kier molecular flexibility index (Phi) is 8.61. The highest BCUT2D eigenvalue weighted by Crippen LogP contribution is 2.35. The summed E-state index contributed by atoms with van der Waals surface area (Å²) in [5.74, 6) is 0.801. The highest BCUT2D eigenvalue weighted by molar-refractivity contribution is 7.92. The molecule has 0 spiro atoms. The number of benzene rings is 2. The fourth-order valence-corrected chi connectivity index (χ4v) is 6.50. The lowest BCUT2D eigenvalue weighted by atomic mass is 9.99. The van der Waals surface area contributed by atoms with Gasteiger partial charge in [0.15, 0.2) is 22.2 Å². The molecule has 15 heteroatoms. The Bertz CT molecular complexity index is 1660. The summed E-state index contributed by atoms with van der Waals surface area (Å²) in [5, 5.41) is 16.5. The van der Waals surface area contributed by atoms with Gasteiger partial charge >= 0.3 is 6.03 Å². The van der Waals surface area contributed by atoms with Crippen molar-refractivity contribution in [2.45, 2.75) is 44.7 Å². The van der Waals surface area contributed by atoms with E-state index in [9.17, 15) is 23.1 Å². The molecule has 3 N–H and O–H groups in total. The number of aliphatic hydroxyl groups is 1. The Morgan fingerprint density at radius 3 is 2.55 bits per heavy atom. The summed E-state index contributed by atoms with van der Waals surface area (Å²) in [7, 11) is -2.45. The van der Waals surface area contributed by atoms with Crippen LogP contribution in [0.4, 0.5) is 16.2 Å². The van der Waals surface area contributed by atoms with E-state index < -0.39 is 28.1 Å². The van der Waals surface area contributed by atoms with Crippen molar-refractivity contribution in [2.24, 2.45) is 5.92 Å². The van der Waals surface area contributed by atoms with E-state index >= 15 is 0 Å². The van der Waals surface area contributed by atoms with Crippen LogP contribution < -0.4 is 24.2 Å². The van der Waals surface area contributed by atoms with Crippen LogP contribution in [-0.2, 0) is 10.0 Å². The third kappa shape index (κ3) is 6.24. The number of carbonyl (C=O) groups excluding carboxylic acids is 2. The Morgan fingerprint density at radius 1 is 1.14 bits per heavy atom. The lowest BCUT2D eigenvalue weighted by Gasteiger charge is -2.38. The second-order valence-corrected chi connectivity index (χ2v) is 12.6. The summed E-state index contributed by atoms with van der Waals surface area (Å²) in [4.78, 5) is 29.8. The van der Waals surface area contributed by atoms with Crippen molar-refractivity contribution in [1.82, 2.24) is 15.0 Å². The van der Waals surface area contributed by atoms with Gasteiger partial charge in [0, 0.05) is 37.0 Å². The second kappa shape index (κ2) is 12.2. The maximum atomic E-state index is 13.8. The maximum Gasteiger partial charge on any atom is 0.321 e. The molecule has 3 amide bonds. The van der Waals surface area contributed by atoms with Crippen LogP contribution in [0.15, 0.2) is 45.8 Å². The topological polar surface area (TPSA) is 173 Å². The number of likely N-dealkylation sites (N-methyl/N-ethyl adjacent to an activating group) is 1. The third-order valence-corrected chi connectivity index (χ3v) is 9.20. The first-order valence-corrected chi connectivity index (χ1v) is 15.5. The Balaban J connectivity index is 1.39. The van der Waals surface area contributed by atoms with Crippen LogP contribution in [0.3, 0.4) is 0 Å². The molecule has 0 unspecified atom stereocenters. The predicted molar refractivity (Wildman–Crippen MR) is 159 cm³/mol. The molecule has 0 saturated carbocycles. The monoisotopic (exact) mass is 629 g/mol. The minimum Gasteiger partial charge on any atom is -0.487 e. The van der Waals surface area contributed by atoms with Crippen LogP contribution in [0.25, 0.3) is 0 Å². The molecule has 2 aliphatic heterocycles. The molecule has 14 nitrogen and oxygen atoms in total. The summed E-state index contributed by atoms with van der Waals surface area (Å²) < 4.78 is 50.8. The lowest BCUT2D eigenvalue weighted by molar-refractivity contribution is 0.0371. The SMILES string of the molecule is Cc1noc(C)c1S(=O)(=O)Nc1ccc2c(c1)C(=O)N([C@H](C)CO)C[C@H](C)[C@@H](CN(C)C(=O)Nc1ccc3c(c1)OCO3)O2. The van der Waals surface area contributed by atoms with Crippen molar-refractivity contribution in [3.8, 4) is 17.2 Å². The fraction of sp³-hybridized carbons (Fsp3) is 0.414. The molecule has 0 aliphatic carbocycles. The van der Waals surface area contributed by atoms with Crippen LogP contribution in [0.1, 0.15) is 35.7 Å². The van der Waals surface area contributed by atoms with Crippen LogP contribution >= 0.6 is 0 Å². The number of fused-ring (bicyclic) bond motifs is 2. The quantitative estimate of drug-likeness (QED) is 0.336. The molecule has 0 bridgehead atoms. The van der Waals surface area contributed by atoms with Gasteiger partial charge in [0.1, 0.15) is 17.5 Å². The van der Waals surface area contributed by atoms with E-state index in [0.29, 0.717) is 17.2 Å². The predicted octanol–water partition coefficient (Wildman–Crippen LogP) is 3.20. The number of sulfonamides is 1. The highest BCUT2D eigenvalue weighted by Gasteiger charge is 2.35. The molecule has 3 atom stereocenters. The van der Waals surface area contributed by atoms with Gasteiger partial charge in [0.05, 0.1) is 24.8 Å². The number of amides is 3. The Morgan fingerprint density at radius 2 is 1.84 bits per heavy atom. The summed E-state index contributed by atoms with van der Waals surface area (Å²) in [6.45, 7) is 6.85. The van der Waals surface area contributed by atoms with E-state index in [4.69, 9.17) is 18.7 Å². The van der Waals surface area contributed by atoms with Crippen LogP contribution in [0.2, 0.25) is 0 Å². The Labute approximate surface area is 254 Å². The van der Waals surface area contributed by atoms with Gasteiger partial charge in [-0.25, -0.2) is 13.2 Å². The standard InChI is InChI=1S/C29H35N5O9S/c1-16-12-34(17(2)14-35)28(36)22-10-21(32-44(38,39)27-18(3)31-43-19(27)4)7-8-23(22)42-26(16)13-33(5)29(37)30-20-6-9-24-25(11-20)41-15-40-24/h6-11,16-17,26,32,35H,12-15H2,1-5H3,(H,30,37)/t16-,17+,26+/m0/s1. The first kappa shape index (κ1) is 30.9. The van der Waals surface area contributed by atoms with Gasteiger partial charge < -0.3 is 39.0 Å². The number of anilines is 2. The molecule has 2 aliphatic rings. The lowest BCUT2D eigenvalue weighted by Crippen LogP contribution is -2.50. The zero-order valence-electron chi connectivity index (χ0n) is 25.0. The molecule has 0 radical (unpaired) electrons. The van der Waals surface area contributed by atoms with E-state index in [2.05, 4.69) is 15.2 Å². The van der Waals surface area contributed by atoms with Gasteiger partial charge in [-0.2, -0.15) is 0 Å². The first-order valence-electron chi connectivity index (χ1n) is 14.0. The summed E-state index contributed by atoms with van der Waals surface area (Å²) >= 11 is 0. The van der Waals surface area contributed by atoms with Crippen LogP contribution in [0, 0.1) is 19.8 Å². The number of nitrogens with one attached hydrogen (secondary N) is 2. The van der Waals surface area contributed by atoms with Gasteiger partial charge in [-0.05, 0) is 51.1 Å². The number of hydrogen-bond donors (Lipinski definition) is 3. The van der Waals surface area contributed by atoms with Crippen molar-refractivity contribution in [3.05, 3.63) is 53.4 Å². The molecule has 1 aromatic heterocycles. The van der Waals surface area contributed by atoms with Gasteiger partial charge in [-0.15, -0.1) is 0 Å². The molecule has 3 aromatic rings. The minimum atomic E-state index is -4.08. The molecule has 44 heavy (non-hydrogen) atoms. The number of ether oxygens (including phenoxy) is 3. The number of rotatable bonds is 8. The zero-order valence-corrected chi connectivity index (χ0v) is 25.8. The zero-order chi connectivity index (χ0) is 31.8. The Hall–Kier alpha value is -4.50. The highest BCUT2D eigenvalue weighted by atomic mass is 32.2. The molecule has 3 heterocycles. The van der Waals surface area contributed by atoms with Crippen LogP contribution in [-0.4, -0.2) is 86.1 Å². The molecule has 0 saturated heterocycles. The molecular weight excluding hydrogens is 594 g/mol. The average Bonchev–Trinajstić information content (AvgIpc) is 3.59. The first-order chi connectivity index (χ1) is 20.9. The van der Waals surface area contributed by atoms with Crippen molar-refractivity contribution in [2.75, 3.05) is 43.6 Å². The van der Waals surface area contributed by atoms with Gasteiger partial charge in [-0.1, -0.05) is 12.1 Å². The van der Waals surface area contributed by atoms with Crippen LogP contribution in [0.5, 0.6) is 17.2 Å². The van der Waals surface area contributed by atoms with E-state index in [0.717, 1.165) is 0 Å². The molecular formula is C29H35N5O9S. The maximum absolute atomic E-state index is 13.8. The van der Waals surface area contributed by atoms with E-state index in [-0.39, 0.29) is 71.8 Å². The van der Waals surface area contributed by atoms with Gasteiger partial charge in [-0.3, -0.25) is 9.52 Å². The molecule has 0 fully saturated rings. The van der Waals surface area contributed by atoms with Crippen molar-refractivity contribution >= 4 is 33.3 Å². The van der Waals surface area contributed by atoms with E-state index in [1.54, 1.807) is 32.2 Å².